The van der Waals surface area contributed by atoms with E-state index in [1.54, 1.807) is 11.8 Å². The van der Waals surface area contributed by atoms with Gasteiger partial charge in [-0.1, -0.05) is 19.9 Å². The first-order valence-corrected chi connectivity index (χ1v) is 5.88. The van der Waals surface area contributed by atoms with Crippen LogP contribution in [0.3, 0.4) is 0 Å². The number of thioether (sulfide) groups is 1. The van der Waals surface area contributed by atoms with Gasteiger partial charge < -0.3 is 11.5 Å². The van der Waals surface area contributed by atoms with Crippen LogP contribution in [0.2, 0.25) is 0 Å². The Morgan fingerprint density at radius 3 is 2.50 bits per heavy atom. The summed E-state index contributed by atoms with van der Waals surface area (Å²) in [7, 11) is 0. The minimum Gasteiger partial charge on any atom is -0.398 e. The van der Waals surface area contributed by atoms with Gasteiger partial charge >= 0.3 is 0 Å². The summed E-state index contributed by atoms with van der Waals surface area (Å²) in [5, 5.41) is 0. The second-order valence-electron chi connectivity index (χ2n) is 4.04. The zero-order valence-corrected chi connectivity index (χ0v) is 9.82. The predicted octanol–water partition coefficient (Wildman–Crippen LogP) is 2.23. The van der Waals surface area contributed by atoms with E-state index in [4.69, 9.17) is 11.5 Å². The number of anilines is 1. The van der Waals surface area contributed by atoms with E-state index in [1.807, 2.05) is 12.3 Å². The Morgan fingerprint density at radius 1 is 1.36 bits per heavy atom. The molecular weight excluding hydrogens is 192 g/mol. The van der Waals surface area contributed by atoms with E-state index in [9.17, 15) is 0 Å². The van der Waals surface area contributed by atoms with Gasteiger partial charge in [0, 0.05) is 22.5 Å². The zero-order valence-electron chi connectivity index (χ0n) is 9.00. The SMILES string of the molecule is CSc1cc(C(C)(C)CN)ccc1N. The molecule has 0 atom stereocenters. The highest BCUT2D eigenvalue weighted by Gasteiger charge is 2.18. The quantitative estimate of drug-likeness (QED) is 0.594. The summed E-state index contributed by atoms with van der Waals surface area (Å²) in [5.41, 5.74) is 13.7. The Kier molecular flexibility index (Phi) is 3.45. The van der Waals surface area contributed by atoms with Crippen LogP contribution in [0, 0.1) is 0 Å². The highest BCUT2D eigenvalue weighted by molar-refractivity contribution is 7.98. The number of rotatable bonds is 3. The van der Waals surface area contributed by atoms with Gasteiger partial charge in [0.1, 0.15) is 0 Å². The first-order valence-electron chi connectivity index (χ1n) is 4.65. The van der Waals surface area contributed by atoms with E-state index in [2.05, 4.69) is 26.0 Å². The van der Waals surface area contributed by atoms with E-state index < -0.39 is 0 Å². The molecule has 1 aromatic rings. The van der Waals surface area contributed by atoms with Crippen LogP contribution in [0.1, 0.15) is 19.4 Å². The molecule has 0 aliphatic rings. The molecule has 1 aromatic carbocycles. The molecule has 0 unspecified atom stereocenters. The molecule has 0 heterocycles. The first-order chi connectivity index (χ1) is 6.51. The standard InChI is InChI=1S/C11H18N2S/c1-11(2,7-12)8-4-5-9(13)10(6-8)14-3/h4-6H,7,12-13H2,1-3H3. The summed E-state index contributed by atoms with van der Waals surface area (Å²) in [5.74, 6) is 0. The van der Waals surface area contributed by atoms with Crippen molar-refractivity contribution < 1.29 is 0 Å². The first kappa shape index (κ1) is 11.4. The summed E-state index contributed by atoms with van der Waals surface area (Å²) < 4.78 is 0. The third kappa shape index (κ3) is 2.22. The number of hydrogen-bond donors (Lipinski definition) is 2. The molecule has 2 nitrogen and oxygen atoms in total. The van der Waals surface area contributed by atoms with Crippen LogP contribution in [0.15, 0.2) is 23.1 Å². The molecule has 0 fully saturated rings. The van der Waals surface area contributed by atoms with Crippen LogP contribution in [-0.2, 0) is 5.41 Å². The number of hydrogen-bond acceptors (Lipinski definition) is 3. The van der Waals surface area contributed by atoms with Gasteiger partial charge in [-0.25, -0.2) is 0 Å². The fraction of sp³-hybridized carbons (Fsp3) is 0.455. The third-order valence-corrected chi connectivity index (χ3v) is 3.32. The predicted molar refractivity (Wildman–Crippen MR) is 64.7 cm³/mol. The fourth-order valence-electron chi connectivity index (χ4n) is 1.25. The monoisotopic (exact) mass is 210 g/mol. The molecule has 0 aliphatic carbocycles. The topological polar surface area (TPSA) is 52.0 Å². The maximum Gasteiger partial charge on any atom is 0.0452 e. The van der Waals surface area contributed by atoms with Crippen LogP contribution in [0.4, 0.5) is 5.69 Å². The van der Waals surface area contributed by atoms with Gasteiger partial charge in [-0.2, -0.15) is 0 Å². The number of benzene rings is 1. The molecule has 0 spiro atoms. The largest absolute Gasteiger partial charge is 0.398 e. The molecule has 14 heavy (non-hydrogen) atoms. The zero-order chi connectivity index (χ0) is 10.8. The van der Waals surface area contributed by atoms with Crippen molar-refractivity contribution in [3.8, 4) is 0 Å². The lowest BCUT2D eigenvalue weighted by Crippen LogP contribution is -2.28. The van der Waals surface area contributed by atoms with Gasteiger partial charge in [0.05, 0.1) is 0 Å². The molecule has 0 saturated heterocycles. The van der Waals surface area contributed by atoms with E-state index in [0.29, 0.717) is 6.54 Å². The fourth-order valence-corrected chi connectivity index (χ4v) is 1.80. The minimum absolute atomic E-state index is 0.0260. The molecular formula is C11H18N2S. The highest BCUT2D eigenvalue weighted by Crippen LogP contribution is 2.29. The van der Waals surface area contributed by atoms with Crippen LogP contribution in [0.5, 0.6) is 0 Å². The Balaban J connectivity index is 3.12. The molecule has 0 radical (unpaired) electrons. The van der Waals surface area contributed by atoms with Crippen molar-refractivity contribution >= 4 is 17.4 Å². The van der Waals surface area contributed by atoms with Gasteiger partial charge in [0.25, 0.3) is 0 Å². The summed E-state index contributed by atoms with van der Waals surface area (Å²) in [4.78, 5) is 1.13. The van der Waals surface area contributed by atoms with Crippen molar-refractivity contribution in [1.82, 2.24) is 0 Å². The molecule has 0 aliphatic heterocycles. The second kappa shape index (κ2) is 4.24. The van der Waals surface area contributed by atoms with Crippen molar-refractivity contribution in [3.63, 3.8) is 0 Å². The third-order valence-electron chi connectivity index (χ3n) is 2.53. The van der Waals surface area contributed by atoms with Gasteiger partial charge in [-0.15, -0.1) is 11.8 Å². The maximum atomic E-state index is 5.83. The lowest BCUT2D eigenvalue weighted by atomic mass is 9.85. The Hall–Kier alpha value is -0.670. The molecule has 0 amide bonds. The summed E-state index contributed by atoms with van der Waals surface area (Å²) in [6.07, 6.45) is 2.03. The van der Waals surface area contributed by atoms with E-state index in [1.165, 1.54) is 5.56 Å². The Bertz CT molecular complexity index is 321. The second-order valence-corrected chi connectivity index (χ2v) is 4.89. The smallest absolute Gasteiger partial charge is 0.0452 e. The average Bonchev–Trinajstić information content (AvgIpc) is 2.18. The van der Waals surface area contributed by atoms with Gasteiger partial charge in [-0.3, -0.25) is 0 Å². The Morgan fingerprint density at radius 2 is 2.00 bits per heavy atom. The maximum absolute atomic E-state index is 5.83. The molecule has 0 bridgehead atoms. The minimum atomic E-state index is 0.0260. The van der Waals surface area contributed by atoms with Crippen molar-refractivity contribution in [2.45, 2.75) is 24.2 Å². The average molecular weight is 210 g/mol. The molecule has 78 valence electrons. The van der Waals surface area contributed by atoms with Gasteiger partial charge in [-0.05, 0) is 24.0 Å². The summed E-state index contributed by atoms with van der Waals surface area (Å²) >= 11 is 1.67. The molecule has 1 rings (SSSR count). The number of nitrogen functional groups attached to an aromatic ring is 1. The van der Waals surface area contributed by atoms with E-state index >= 15 is 0 Å². The van der Waals surface area contributed by atoms with Crippen molar-refractivity contribution in [2.75, 3.05) is 18.5 Å². The molecule has 4 N–H and O–H groups in total. The molecule has 3 heteroatoms. The summed E-state index contributed by atoms with van der Waals surface area (Å²) in [6, 6.07) is 6.15. The molecule has 0 saturated carbocycles. The lowest BCUT2D eigenvalue weighted by molar-refractivity contribution is 0.538. The van der Waals surface area contributed by atoms with Crippen LogP contribution >= 0.6 is 11.8 Å². The van der Waals surface area contributed by atoms with E-state index in [-0.39, 0.29) is 5.41 Å². The van der Waals surface area contributed by atoms with Crippen molar-refractivity contribution in [2.24, 2.45) is 5.73 Å². The number of nitrogens with two attached hydrogens (primary N) is 2. The van der Waals surface area contributed by atoms with Crippen LogP contribution < -0.4 is 11.5 Å². The van der Waals surface area contributed by atoms with Crippen molar-refractivity contribution in [1.29, 1.82) is 0 Å². The summed E-state index contributed by atoms with van der Waals surface area (Å²) in [6.45, 7) is 4.93. The molecule has 0 aromatic heterocycles. The van der Waals surface area contributed by atoms with Gasteiger partial charge in [0.15, 0.2) is 0 Å². The van der Waals surface area contributed by atoms with E-state index in [0.717, 1.165) is 10.6 Å². The lowest BCUT2D eigenvalue weighted by Gasteiger charge is -2.23. The normalized spacial score (nSPS) is 11.7. The van der Waals surface area contributed by atoms with Crippen LogP contribution in [0.25, 0.3) is 0 Å². The highest BCUT2D eigenvalue weighted by atomic mass is 32.2. The van der Waals surface area contributed by atoms with Gasteiger partial charge in [0.2, 0.25) is 0 Å². The Labute approximate surface area is 90.1 Å². The van der Waals surface area contributed by atoms with Crippen molar-refractivity contribution in [3.05, 3.63) is 23.8 Å². The van der Waals surface area contributed by atoms with Crippen LogP contribution in [-0.4, -0.2) is 12.8 Å².